The quantitative estimate of drug-likeness (QED) is 0.895. The second kappa shape index (κ2) is 5.94. The fourth-order valence-electron chi connectivity index (χ4n) is 3.45. The number of anilines is 1. The maximum Gasteiger partial charge on any atom is 0.272 e. The minimum absolute atomic E-state index is 0.113. The molecule has 0 unspecified atom stereocenters. The van der Waals surface area contributed by atoms with Crippen molar-refractivity contribution in [3.05, 3.63) is 46.2 Å². The number of aryl methyl sites for hydroxylation is 1. The van der Waals surface area contributed by atoms with Gasteiger partial charge in [0.2, 0.25) is 5.91 Å². The Morgan fingerprint density at radius 1 is 1.38 bits per heavy atom. The number of aromatic nitrogens is 2. The molecule has 1 aliphatic carbocycles. The second-order valence-corrected chi connectivity index (χ2v) is 6.60. The number of hydrogen-bond donors (Lipinski definition) is 2. The first kappa shape index (κ1) is 15.2. The predicted molar refractivity (Wildman–Crippen MR) is 90.3 cm³/mol. The Labute approximate surface area is 144 Å². The molecule has 1 atom stereocenters. The summed E-state index contributed by atoms with van der Waals surface area (Å²) in [6.45, 7) is 0.558. The number of fused-ring (bicyclic) bond motifs is 1. The van der Waals surface area contributed by atoms with Gasteiger partial charge in [-0.1, -0.05) is 17.7 Å². The van der Waals surface area contributed by atoms with Crippen molar-refractivity contribution in [3.8, 4) is 0 Å². The number of nitrogens with zero attached hydrogens (tertiary/aromatic N) is 2. The summed E-state index contributed by atoms with van der Waals surface area (Å²) in [5.41, 5.74) is 3.21. The summed E-state index contributed by atoms with van der Waals surface area (Å²) >= 11 is 5.99. The summed E-state index contributed by atoms with van der Waals surface area (Å²) in [5.74, 6) is -0.390. The minimum Gasteiger partial charge on any atom is -0.339 e. The maximum absolute atomic E-state index is 12.6. The lowest BCUT2D eigenvalue weighted by molar-refractivity contribution is -0.118. The summed E-state index contributed by atoms with van der Waals surface area (Å²) in [6.07, 6.45) is 3.40. The van der Waals surface area contributed by atoms with E-state index in [1.54, 1.807) is 17.0 Å². The highest BCUT2D eigenvalue weighted by Crippen LogP contribution is 2.26. The van der Waals surface area contributed by atoms with Crippen molar-refractivity contribution in [2.45, 2.75) is 31.7 Å². The molecule has 2 N–H and O–H groups in total. The number of rotatable bonds is 3. The van der Waals surface area contributed by atoms with Crippen molar-refractivity contribution in [3.63, 3.8) is 0 Å². The molecular weight excluding hydrogens is 328 g/mol. The van der Waals surface area contributed by atoms with Gasteiger partial charge in [0, 0.05) is 28.5 Å². The molecule has 2 aliphatic rings. The Morgan fingerprint density at radius 3 is 3.08 bits per heavy atom. The van der Waals surface area contributed by atoms with E-state index in [1.807, 2.05) is 12.1 Å². The molecule has 0 spiro atoms. The van der Waals surface area contributed by atoms with E-state index in [0.717, 1.165) is 36.2 Å². The number of aromatic amines is 1. The molecule has 0 radical (unpaired) electrons. The van der Waals surface area contributed by atoms with E-state index in [1.165, 1.54) is 0 Å². The van der Waals surface area contributed by atoms with Gasteiger partial charge in [0.05, 0.1) is 0 Å². The third kappa shape index (κ3) is 2.57. The van der Waals surface area contributed by atoms with Gasteiger partial charge in [-0.05, 0) is 43.9 Å². The van der Waals surface area contributed by atoms with Gasteiger partial charge < -0.3 is 10.2 Å². The van der Waals surface area contributed by atoms with E-state index < -0.39 is 6.04 Å². The molecule has 6 nitrogen and oxygen atoms in total. The molecular formula is C17H17ClN4O2. The van der Waals surface area contributed by atoms with Crippen LogP contribution >= 0.6 is 11.6 Å². The fraction of sp³-hybridized carbons (Fsp3) is 0.353. The van der Waals surface area contributed by atoms with Crippen molar-refractivity contribution in [2.24, 2.45) is 0 Å². The first-order valence-corrected chi connectivity index (χ1v) is 8.45. The molecule has 0 bridgehead atoms. The van der Waals surface area contributed by atoms with E-state index in [-0.39, 0.29) is 11.8 Å². The molecule has 24 heavy (non-hydrogen) atoms. The highest BCUT2D eigenvalue weighted by atomic mass is 35.5. The summed E-state index contributed by atoms with van der Waals surface area (Å²) in [5, 5.41) is 10.5. The van der Waals surface area contributed by atoms with Crippen LogP contribution in [-0.4, -0.2) is 34.6 Å². The third-order valence-corrected chi connectivity index (χ3v) is 4.89. The maximum atomic E-state index is 12.6. The zero-order chi connectivity index (χ0) is 16.7. The Balaban J connectivity index is 1.48. The molecule has 2 aromatic rings. The lowest BCUT2D eigenvalue weighted by Crippen LogP contribution is -2.42. The van der Waals surface area contributed by atoms with Crippen molar-refractivity contribution < 1.29 is 9.59 Å². The average Bonchev–Trinajstić information content (AvgIpc) is 3.24. The van der Waals surface area contributed by atoms with E-state index in [4.69, 9.17) is 11.6 Å². The highest BCUT2D eigenvalue weighted by molar-refractivity contribution is 6.31. The van der Waals surface area contributed by atoms with Crippen molar-refractivity contribution in [1.29, 1.82) is 0 Å². The van der Waals surface area contributed by atoms with Crippen molar-refractivity contribution in [1.82, 2.24) is 15.5 Å². The summed E-state index contributed by atoms with van der Waals surface area (Å²) in [7, 11) is 0. The van der Waals surface area contributed by atoms with Gasteiger partial charge >= 0.3 is 0 Å². The number of H-pyrrole nitrogens is 1. The molecule has 1 aliphatic heterocycles. The molecule has 7 heteroatoms. The number of nitrogens with one attached hydrogen (secondary N) is 2. The normalized spacial score (nSPS) is 19.6. The number of carbonyl (C=O) groups is 2. The SMILES string of the molecule is O=C(N[C@@H]1CCN(c2cccc(Cl)c2)C1=O)c1n[nH]c2c1CCC2. The van der Waals surface area contributed by atoms with Crippen LogP contribution in [0.25, 0.3) is 0 Å². The van der Waals surface area contributed by atoms with Gasteiger partial charge in [0.25, 0.3) is 5.91 Å². The van der Waals surface area contributed by atoms with Crippen LogP contribution in [0, 0.1) is 0 Å². The van der Waals surface area contributed by atoms with Crippen LogP contribution in [0.15, 0.2) is 24.3 Å². The largest absolute Gasteiger partial charge is 0.339 e. The Hall–Kier alpha value is -2.34. The van der Waals surface area contributed by atoms with Gasteiger partial charge in [0.1, 0.15) is 6.04 Å². The first-order valence-electron chi connectivity index (χ1n) is 8.07. The van der Waals surface area contributed by atoms with Crippen molar-refractivity contribution >= 4 is 29.1 Å². The van der Waals surface area contributed by atoms with Gasteiger partial charge in [-0.3, -0.25) is 14.7 Å². The molecule has 1 aromatic carbocycles. The number of halogens is 1. The van der Waals surface area contributed by atoms with Gasteiger partial charge in [0.15, 0.2) is 5.69 Å². The van der Waals surface area contributed by atoms with Crippen LogP contribution < -0.4 is 10.2 Å². The smallest absolute Gasteiger partial charge is 0.272 e. The van der Waals surface area contributed by atoms with E-state index in [0.29, 0.717) is 23.7 Å². The Kier molecular flexibility index (Phi) is 3.76. The average molecular weight is 345 g/mol. The van der Waals surface area contributed by atoms with E-state index in [2.05, 4.69) is 15.5 Å². The predicted octanol–water partition coefficient (Wildman–Crippen LogP) is 2.09. The van der Waals surface area contributed by atoms with Gasteiger partial charge in [-0.15, -0.1) is 0 Å². The molecule has 2 amide bonds. The van der Waals surface area contributed by atoms with Gasteiger partial charge in [-0.2, -0.15) is 5.10 Å². The molecule has 2 heterocycles. The summed E-state index contributed by atoms with van der Waals surface area (Å²) in [6, 6.07) is 6.65. The van der Waals surface area contributed by atoms with Crippen LogP contribution in [0.3, 0.4) is 0 Å². The number of amides is 2. The Morgan fingerprint density at radius 2 is 2.25 bits per heavy atom. The minimum atomic E-state index is -0.523. The fourth-order valence-corrected chi connectivity index (χ4v) is 3.63. The van der Waals surface area contributed by atoms with Crippen LogP contribution in [0.5, 0.6) is 0 Å². The summed E-state index contributed by atoms with van der Waals surface area (Å²) < 4.78 is 0. The van der Waals surface area contributed by atoms with Gasteiger partial charge in [-0.25, -0.2) is 0 Å². The van der Waals surface area contributed by atoms with Crippen LogP contribution in [0.4, 0.5) is 5.69 Å². The van der Waals surface area contributed by atoms with Crippen LogP contribution in [0.1, 0.15) is 34.6 Å². The zero-order valence-corrected chi connectivity index (χ0v) is 13.8. The Bertz CT molecular complexity index is 817. The molecule has 1 fully saturated rings. The standard InChI is InChI=1S/C17H17ClN4O2/c18-10-3-1-4-11(9-10)22-8-7-14(17(22)24)19-16(23)15-12-5-2-6-13(12)20-21-15/h1,3-4,9,14H,2,5-8H2,(H,19,23)(H,20,21)/t14-/m1/s1. The second-order valence-electron chi connectivity index (χ2n) is 6.17. The van der Waals surface area contributed by atoms with Crippen molar-refractivity contribution in [2.75, 3.05) is 11.4 Å². The third-order valence-electron chi connectivity index (χ3n) is 4.65. The van der Waals surface area contributed by atoms with E-state index >= 15 is 0 Å². The van der Waals surface area contributed by atoms with Crippen LogP contribution in [0.2, 0.25) is 5.02 Å². The molecule has 124 valence electrons. The number of benzene rings is 1. The molecule has 1 saturated heterocycles. The lowest BCUT2D eigenvalue weighted by atomic mass is 10.1. The highest BCUT2D eigenvalue weighted by Gasteiger charge is 2.35. The molecule has 1 aromatic heterocycles. The topological polar surface area (TPSA) is 78.1 Å². The zero-order valence-electron chi connectivity index (χ0n) is 13.0. The number of hydrogen-bond acceptors (Lipinski definition) is 3. The van der Waals surface area contributed by atoms with Crippen LogP contribution in [-0.2, 0) is 17.6 Å². The molecule has 0 saturated carbocycles. The number of carbonyl (C=O) groups excluding carboxylic acids is 2. The lowest BCUT2D eigenvalue weighted by Gasteiger charge is -2.17. The molecule has 4 rings (SSSR count). The van der Waals surface area contributed by atoms with E-state index in [9.17, 15) is 9.59 Å². The summed E-state index contributed by atoms with van der Waals surface area (Å²) in [4.78, 5) is 26.7. The first-order chi connectivity index (χ1) is 11.6. The monoisotopic (exact) mass is 344 g/mol.